The van der Waals surface area contributed by atoms with Crippen LogP contribution in [0.4, 0.5) is 0 Å². The van der Waals surface area contributed by atoms with Crippen LogP contribution in [0.3, 0.4) is 0 Å². The Morgan fingerprint density at radius 1 is 1.23 bits per heavy atom. The van der Waals surface area contributed by atoms with Gasteiger partial charge in [0.2, 0.25) is 0 Å². The largest absolute Gasteiger partial charge is 0.458 e. The number of carbonyl (C=O) groups excluding carboxylic acids is 1. The Morgan fingerprint density at radius 3 is 2.37 bits per heavy atom. The molecule has 0 aromatic heterocycles. The molecule has 1 spiro atoms. The van der Waals surface area contributed by atoms with Gasteiger partial charge in [0.1, 0.15) is 11.3 Å². The van der Waals surface area contributed by atoms with Gasteiger partial charge in [-0.1, -0.05) is 49.8 Å². The van der Waals surface area contributed by atoms with Gasteiger partial charge in [-0.05, 0) is 80.0 Å². The van der Waals surface area contributed by atoms with Gasteiger partial charge in [0.25, 0.3) is 5.91 Å². The van der Waals surface area contributed by atoms with Crippen molar-refractivity contribution in [2.45, 2.75) is 71.6 Å². The van der Waals surface area contributed by atoms with E-state index in [0.29, 0.717) is 5.25 Å². The van der Waals surface area contributed by atoms with E-state index in [4.69, 9.17) is 16.3 Å². The van der Waals surface area contributed by atoms with Gasteiger partial charge in [0.05, 0.1) is 5.57 Å². The zero-order chi connectivity index (χ0) is 22.1. The van der Waals surface area contributed by atoms with Gasteiger partial charge in [-0.2, -0.15) is 11.8 Å². The molecular weight excluding hydrogens is 449 g/mol. The van der Waals surface area contributed by atoms with Crippen LogP contribution in [0.25, 0.3) is 5.57 Å². The third kappa shape index (κ3) is 4.82. The molecule has 1 saturated heterocycles. The second-order valence-corrected chi connectivity index (χ2v) is 17.6. The fraction of sp³-hybridized carbons (Fsp3) is 0.609. The van der Waals surface area contributed by atoms with E-state index in [1.54, 1.807) is 0 Å². The van der Waals surface area contributed by atoms with Crippen molar-refractivity contribution in [3.05, 3.63) is 40.1 Å². The quantitative estimate of drug-likeness (QED) is 0.443. The Morgan fingerprint density at radius 2 is 1.83 bits per heavy atom. The molecule has 166 valence electrons. The van der Waals surface area contributed by atoms with Crippen LogP contribution in [0.15, 0.2) is 17.9 Å². The number of hydrogen-bond donors (Lipinski definition) is 1. The monoisotopic (exact) mass is 483 g/mol. The average molecular weight is 484 g/mol. The summed E-state index contributed by atoms with van der Waals surface area (Å²) in [5.74, 6) is 2.89. The van der Waals surface area contributed by atoms with Crippen molar-refractivity contribution in [2.24, 2.45) is 0 Å². The van der Waals surface area contributed by atoms with Crippen molar-refractivity contribution >= 4 is 51.9 Å². The molecule has 1 amide bonds. The first-order chi connectivity index (χ1) is 14.1. The molecule has 1 N–H and O–H groups in total. The summed E-state index contributed by atoms with van der Waals surface area (Å²) in [6.07, 6.45) is 3.69. The fourth-order valence-electron chi connectivity index (χ4n) is 4.33. The van der Waals surface area contributed by atoms with E-state index in [-0.39, 0.29) is 5.91 Å². The average Bonchev–Trinajstić information content (AvgIpc) is 2.92. The Balaban J connectivity index is 2.18. The second kappa shape index (κ2) is 9.60. The van der Waals surface area contributed by atoms with Crippen LogP contribution in [-0.2, 0) is 21.1 Å². The molecule has 2 heterocycles. The number of carbonyl (C=O) groups is 1. The summed E-state index contributed by atoms with van der Waals surface area (Å²) in [5.41, 5.74) is 2.66. The van der Waals surface area contributed by atoms with Gasteiger partial charge in [-0.3, -0.25) is 4.79 Å². The predicted molar refractivity (Wildman–Crippen MR) is 138 cm³/mol. The lowest BCUT2D eigenvalue weighted by molar-refractivity contribution is -0.116. The third-order valence-corrected chi connectivity index (χ3v) is 14.1. The molecule has 2 aliphatic rings. The Hall–Kier alpha value is -0.420. The number of benzene rings is 1. The van der Waals surface area contributed by atoms with Gasteiger partial charge < -0.3 is 9.84 Å². The van der Waals surface area contributed by atoms with Crippen molar-refractivity contribution in [1.82, 2.24) is 5.32 Å². The van der Waals surface area contributed by atoms with Crippen molar-refractivity contribution in [2.75, 3.05) is 17.7 Å². The van der Waals surface area contributed by atoms with E-state index in [0.717, 1.165) is 65.0 Å². The van der Waals surface area contributed by atoms with Gasteiger partial charge in [0.15, 0.2) is 5.47 Å². The summed E-state index contributed by atoms with van der Waals surface area (Å²) in [4.78, 5) is 13.4. The van der Waals surface area contributed by atoms with E-state index in [2.05, 4.69) is 59.0 Å². The zero-order valence-corrected chi connectivity index (χ0v) is 22.3. The second-order valence-electron chi connectivity index (χ2n) is 8.47. The van der Waals surface area contributed by atoms with Crippen LogP contribution in [-0.4, -0.2) is 34.4 Å². The Kier molecular flexibility index (Phi) is 7.75. The van der Waals surface area contributed by atoms with Crippen LogP contribution in [0, 0.1) is 20.8 Å². The SMILES string of the molecule is CCC(C)SP(=S)(CC)OC1=C(c2c(C)cc(C)cc2C)C(=O)NC12CCSCC2. The first kappa shape index (κ1) is 24.2. The summed E-state index contributed by atoms with van der Waals surface area (Å²) in [6, 6.07) is 4.32. The molecule has 3 rings (SSSR count). The maximum absolute atomic E-state index is 13.4. The Labute approximate surface area is 195 Å². The minimum Gasteiger partial charge on any atom is -0.458 e. The van der Waals surface area contributed by atoms with Gasteiger partial charge in [0, 0.05) is 11.4 Å². The number of amides is 1. The number of hydrogen-bond acceptors (Lipinski definition) is 5. The normalized spacial score (nSPS) is 21.5. The van der Waals surface area contributed by atoms with Gasteiger partial charge >= 0.3 is 0 Å². The van der Waals surface area contributed by atoms with Crippen molar-refractivity contribution in [1.29, 1.82) is 0 Å². The molecule has 2 aliphatic heterocycles. The van der Waals surface area contributed by atoms with Crippen molar-refractivity contribution in [3.8, 4) is 0 Å². The predicted octanol–water partition coefficient (Wildman–Crippen LogP) is 6.60. The number of nitrogens with one attached hydrogen (secondary N) is 1. The molecular formula is C23H34NO2PS3. The molecule has 2 unspecified atom stereocenters. The first-order valence-corrected chi connectivity index (χ1v) is 16.4. The lowest BCUT2D eigenvalue weighted by Gasteiger charge is -2.37. The summed E-state index contributed by atoms with van der Waals surface area (Å²) in [7, 11) is 0. The maximum atomic E-state index is 13.4. The van der Waals surface area contributed by atoms with E-state index in [1.807, 2.05) is 23.1 Å². The highest BCUT2D eigenvalue weighted by Gasteiger charge is 2.49. The molecule has 7 heteroatoms. The highest BCUT2D eigenvalue weighted by molar-refractivity contribution is 8.69. The molecule has 2 atom stereocenters. The molecule has 0 aliphatic carbocycles. The molecule has 3 nitrogen and oxygen atoms in total. The maximum Gasteiger partial charge on any atom is 0.256 e. The van der Waals surface area contributed by atoms with Crippen molar-refractivity contribution in [3.63, 3.8) is 0 Å². The topological polar surface area (TPSA) is 38.3 Å². The number of thioether (sulfide) groups is 1. The smallest absolute Gasteiger partial charge is 0.256 e. The van der Waals surface area contributed by atoms with Crippen LogP contribution < -0.4 is 5.32 Å². The molecule has 1 fully saturated rings. The molecule has 0 radical (unpaired) electrons. The van der Waals surface area contributed by atoms with Crippen LogP contribution in [0.5, 0.6) is 0 Å². The summed E-state index contributed by atoms with van der Waals surface area (Å²) in [5, 5.41) is 3.81. The summed E-state index contributed by atoms with van der Waals surface area (Å²) < 4.78 is 6.87. The number of aryl methyl sites for hydroxylation is 3. The lowest BCUT2D eigenvalue weighted by Crippen LogP contribution is -2.47. The highest BCUT2D eigenvalue weighted by atomic mass is 32.9. The first-order valence-electron chi connectivity index (χ1n) is 10.8. The van der Waals surface area contributed by atoms with Crippen LogP contribution in [0.1, 0.15) is 62.3 Å². The number of rotatable bonds is 7. The van der Waals surface area contributed by atoms with Crippen LogP contribution >= 0.6 is 28.6 Å². The van der Waals surface area contributed by atoms with Crippen LogP contribution in [0.2, 0.25) is 0 Å². The molecule has 30 heavy (non-hydrogen) atoms. The van der Waals surface area contributed by atoms with Gasteiger partial charge in [-0.15, -0.1) is 0 Å². The van der Waals surface area contributed by atoms with Gasteiger partial charge in [-0.25, -0.2) is 0 Å². The van der Waals surface area contributed by atoms with E-state index >= 15 is 0 Å². The van der Waals surface area contributed by atoms with E-state index < -0.39 is 11.0 Å². The minimum atomic E-state index is -2.15. The Bertz CT molecular complexity index is 883. The summed E-state index contributed by atoms with van der Waals surface area (Å²) in [6.45, 7) is 12.8. The summed E-state index contributed by atoms with van der Waals surface area (Å²) >= 11 is 9.90. The fourth-order valence-corrected chi connectivity index (χ4v) is 11.5. The zero-order valence-electron chi connectivity index (χ0n) is 19.0. The highest BCUT2D eigenvalue weighted by Crippen LogP contribution is 2.65. The molecule has 0 bridgehead atoms. The van der Waals surface area contributed by atoms with E-state index in [9.17, 15) is 4.79 Å². The standard InChI is InChI=1S/C23H34NO2PS3/c1-7-18(6)30-27(28,8-2)26-21-20(19-16(4)13-15(3)14-17(19)5)22(25)24-23(21)9-11-29-12-10-23/h13-14,18H,7-12H2,1-6H3,(H,24,25). The minimum absolute atomic E-state index is 0.00172. The van der Waals surface area contributed by atoms with E-state index in [1.165, 1.54) is 5.56 Å². The molecule has 1 aromatic carbocycles. The molecule has 1 aromatic rings. The third-order valence-electron chi connectivity index (χ3n) is 6.05. The molecule has 0 saturated carbocycles. The lowest BCUT2D eigenvalue weighted by atomic mass is 9.87. The van der Waals surface area contributed by atoms with Crippen molar-refractivity contribution < 1.29 is 9.32 Å².